The molecule has 0 aliphatic rings. The molecule has 54 valence electrons. The molecule has 0 saturated carbocycles. The highest BCUT2D eigenvalue weighted by atomic mass is 16.7. The summed E-state index contributed by atoms with van der Waals surface area (Å²) in [6.45, 7) is 6.33. The maximum Gasteiger partial charge on any atom is 0.355 e. The lowest BCUT2D eigenvalue weighted by Gasteiger charge is -2.07. The lowest BCUT2D eigenvalue weighted by atomic mass is 10.7. The van der Waals surface area contributed by atoms with E-state index in [1.165, 1.54) is 0 Å². The monoisotopic (exact) mass is 141 g/mol. The number of rotatable bonds is 4. The molecule has 4 heteroatoms. The molecular formula is C6H7NO3. The standard InChI is InChI=1S/C6H7NO3/c1-3-6(9)10-7(4-2)5-8/h3-5H,1-2H2. The molecule has 0 fully saturated rings. The molecule has 0 aliphatic carbocycles. The maximum absolute atomic E-state index is 10.4. The molecule has 0 rings (SSSR count). The van der Waals surface area contributed by atoms with Gasteiger partial charge < -0.3 is 4.84 Å². The lowest BCUT2D eigenvalue weighted by molar-refractivity contribution is -0.175. The van der Waals surface area contributed by atoms with Gasteiger partial charge in [-0.3, -0.25) is 4.79 Å². The van der Waals surface area contributed by atoms with E-state index in [4.69, 9.17) is 0 Å². The first-order valence-electron chi connectivity index (χ1n) is 2.45. The Morgan fingerprint density at radius 1 is 1.50 bits per heavy atom. The fraction of sp³-hybridized carbons (Fsp3) is 0. The number of hydroxylamine groups is 2. The van der Waals surface area contributed by atoms with E-state index in [1.807, 2.05) is 0 Å². The molecule has 0 N–H and O–H groups in total. The molecule has 0 unspecified atom stereocenters. The maximum atomic E-state index is 10.4. The van der Waals surface area contributed by atoms with Crippen LogP contribution < -0.4 is 0 Å². The topological polar surface area (TPSA) is 46.6 Å². The zero-order valence-corrected chi connectivity index (χ0v) is 5.32. The Bertz CT molecular complexity index is 156. The fourth-order valence-electron chi connectivity index (χ4n) is 0.243. The minimum absolute atomic E-state index is 0.314. The average Bonchev–Trinajstić information content (AvgIpc) is 1.99. The Morgan fingerprint density at radius 3 is 2.40 bits per heavy atom. The molecule has 1 amide bonds. The van der Waals surface area contributed by atoms with Crippen molar-refractivity contribution in [2.24, 2.45) is 0 Å². The van der Waals surface area contributed by atoms with Crippen LogP contribution >= 0.6 is 0 Å². The first kappa shape index (κ1) is 8.42. The van der Waals surface area contributed by atoms with Crippen LogP contribution in [0.5, 0.6) is 0 Å². The Kier molecular flexibility index (Phi) is 3.63. The zero-order chi connectivity index (χ0) is 7.98. The number of hydrogen-bond acceptors (Lipinski definition) is 3. The predicted octanol–water partition coefficient (Wildman–Crippen LogP) is 0.232. The van der Waals surface area contributed by atoms with Crippen molar-refractivity contribution in [1.29, 1.82) is 0 Å². The highest BCUT2D eigenvalue weighted by Gasteiger charge is 1.99. The van der Waals surface area contributed by atoms with E-state index in [0.29, 0.717) is 11.5 Å². The lowest BCUT2D eigenvalue weighted by Crippen LogP contribution is -2.18. The van der Waals surface area contributed by atoms with Crippen LogP contribution in [0.2, 0.25) is 0 Å². The largest absolute Gasteiger partial charge is 0.355 e. The van der Waals surface area contributed by atoms with Crippen LogP contribution in [0.25, 0.3) is 0 Å². The first-order chi connectivity index (χ1) is 4.74. The Hall–Kier alpha value is -1.58. The van der Waals surface area contributed by atoms with E-state index in [0.717, 1.165) is 12.3 Å². The van der Waals surface area contributed by atoms with Crippen LogP contribution in [0.4, 0.5) is 0 Å². The summed E-state index contributed by atoms with van der Waals surface area (Å²) < 4.78 is 0. The fourth-order valence-corrected chi connectivity index (χ4v) is 0.243. The SMILES string of the molecule is C=CC(=O)ON(C=C)C=O. The predicted molar refractivity (Wildman–Crippen MR) is 34.4 cm³/mol. The zero-order valence-electron chi connectivity index (χ0n) is 5.32. The van der Waals surface area contributed by atoms with Crippen molar-refractivity contribution in [2.75, 3.05) is 0 Å². The van der Waals surface area contributed by atoms with Gasteiger partial charge in [-0.2, -0.15) is 0 Å². The van der Waals surface area contributed by atoms with Crippen molar-refractivity contribution in [3.05, 3.63) is 25.4 Å². The molecule has 0 saturated heterocycles. The number of hydrogen-bond donors (Lipinski definition) is 0. The van der Waals surface area contributed by atoms with Crippen LogP contribution in [-0.4, -0.2) is 17.4 Å². The van der Waals surface area contributed by atoms with Gasteiger partial charge in [-0.05, 0) is 0 Å². The number of carbonyl (C=O) groups is 2. The number of carbonyl (C=O) groups excluding carboxylic acids is 2. The molecule has 0 aromatic rings. The van der Waals surface area contributed by atoms with Gasteiger partial charge in [0.2, 0.25) is 6.41 Å². The Balaban J connectivity index is 3.84. The van der Waals surface area contributed by atoms with Gasteiger partial charge in [-0.25, -0.2) is 4.79 Å². The third-order valence-corrected chi connectivity index (χ3v) is 0.646. The second-order valence-corrected chi connectivity index (χ2v) is 1.26. The molecule has 0 spiro atoms. The summed E-state index contributed by atoms with van der Waals surface area (Å²) in [7, 11) is 0. The second kappa shape index (κ2) is 4.31. The summed E-state index contributed by atoms with van der Waals surface area (Å²) in [5, 5.41) is 0.643. The summed E-state index contributed by atoms with van der Waals surface area (Å²) in [6, 6.07) is 0. The Labute approximate surface area is 58.3 Å². The van der Waals surface area contributed by atoms with E-state index in [-0.39, 0.29) is 0 Å². The minimum atomic E-state index is -0.702. The smallest absolute Gasteiger partial charge is 0.329 e. The van der Waals surface area contributed by atoms with Crippen molar-refractivity contribution in [2.45, 2.75) is 0 Å². The molecule has 10 heavy (non-hydrogen) atoms. The molecular weight excluding hydrogens is 134 g/mol. The second-order valence-electron chi connectivity index (χ2n) is 1.26. The summed E-state index contributed by atoms with van der Waals surface area (Å²) >= 11 is 0. The molecule has 0 aromatic carbocycles. The van der Waals surface area contributed by atoms with Crippen molar-refractivity contribution >= 4 is 12.4 Å². The highest BCUT2D eigenvalue weighted by molar-refractivity contribution is 5.81. The minimum Gasteiger partial charge on any atom is -0.329 e. The van der Waals surface area contributed by atoms with Gasteiger partial charge >= 0.3 is 5.97 Å². The van der Waals surface area contributed by atoms with E-state index >= 15 is 0 Å². The van der Waals surface area contributed by atoms with Crippen molar-refractivity contribution in [3.8, 4) is 0 Å². The van der Waals surface area contributed by atoms with Crippen LogP contribution in [-0.2, 0) is 14.4 Å². The summed E-state index contributed by atoms with van der Waals surface area (Å²) in [6.07, 6.45) is 2.32. The highest BCUT2D eigenvalue weighted by Crippen LogP contribution is 1.86. The van der Waals surface area contributed by atoms with Gasteiger partial charge in [0.25, 0.3) is 0 Å². The van der Waals surface area contributed by atoms with E-state index in [1.54, 1.807) is 0 Å². The molecule has 4 nitrogen and oxygen atoms in total. The average molecular weight is 141 g/mol. The summed E-state index contributed by atoms with van der Waals surface area (Å²) in [4.78, 5) is 24.6. The summed E-state index contributed by atoms with van der Waals surface area (Å²) in [5.41, 5.74) is 0. The molecule has 0 heterocycles. The third kappa shape index (κ3) is 2.66. The quantitative estimate of drug-likeness (QED) is 0.320. The van der Waals surface area contributed by atoms with Gasteiger partial charge in [0.15, 0.2) is 0 Å². The molecule has 0 atom stereocenters. The van der Waals surface area contributed by atoms with Crippen molar-refractivity contribution in [1.82, 2.24) is 5.06 Å². The van der Waals surface area contributed by atoms with E-state index in [9.17, 15) is 9.59 Å². The molecule has 0 radical (unpaired) electrons. The van der Waals surface area contributed by atoms with Crippen LogP contribution in [0.15, 0.2) is 25.4 Å². The van der Waals surface area contributed by atoms with Gasteiger partial charge in [-0.1, -0.05) is 13.2 Å². The summed E-state index contributed by atoms with van der Waals surface area (Å²) in [5.74, 6) is -0.702. The van der Waals surface area contributed by atoms with E-state index in [2.05, 4.69) is 18.0 Å². The molecule has 0 aromatic heterocycles. The van der Waals surface area contributed by atoms with E-state index < -0.39 is 5.97 Å². The van der Waals surface area contributed by atoms with Crippen LogP contribution in [0, 0.1) is 0 Å². The van der Waals surface area contributed by atoms with Crippen LogP contribution in [0.3, 0.4) is 0 Å². The van der Waals surface area contributed by atoms with Crippen molar-refractivity contribution in [3.63, 3.8) is 0 Å². The van der Waals surface area contributed by atoms with Crippen LogP contribution in [0.1, 0.15) is 0 Å². The number of amides is 1. The molecule has 0 aliphatic heterocycles. The molecule has 0 bridgehead atoms. The Morgan fingerprint density at radius 2 is 2.10 bits per heavy atom. The number of nitrogens with zero attached hydrogens (tertiary/aromatic N) is 1. The van der Waals surface area contributed by atoms with Gasteiger partial charge in [0, 0.05) is 12.3 Å². The first-order valence-corrected chi connectivity index (χ1v) is 2.45. The normalized spacial score (nSPS) is 7.60. The third-order valence-electron chi connectivity index (χ3n) is 0.646. The van der Waals surface area contributed by atoms with Crippen molar-refractivity contribution < 1.29 is 14.4 Å². The van der Waals surface area contributed by atoms with Gasteiger partial charge in [-0.15, -0.1) is 5.06 Å². The van der Waals surface area contributed by atoms with Gasteiger partial charge in [0.1, 0.15) is 0 Å². The van der Waals surface area contributed by atoms with Gasteiger partial charge in [0.05, 0.1) is 0 Å².